The second-order valence-electron chi connectivity index (χ2n) is 16.2. The number of hydrogen-bond donors (Lipinski definition) is 3. The highest BCUT2D eigenvalue weighted by molar-refractivity contribution is 7.92. The molecule has 5 aromatic carbocycles. The summed E-state index contributed by atoms with van der Waals surface area (Å²) in [5.74, 6) is 1.02. The highest BCUT2D eigenvalue weighted by atomic mass is 32.2. The van der Waals surface area contributed by atoms with Crippen molar-refractivity contribution in [3.05, 3.63) is 127 Å². The quantitative estimate of drug-likeness (QED) is 0.0711. The Hall–Kier alpha value is -5.67. The summed E-state index contributed by atoms with van der Waals surface area (Å²) < 4.78 is 97.5. The summed E-state index contributed by atoms with van der Waals surface area (Å²) >= 11 is 0. The third-order valence-corrected chi connectivity index (χ3v) is 16.0. The van der Waals surface area contributed by atoms with Crippen LogP contribution in [-0.4, -0.2) is 116 Å². The molecule has 0 aliphatic carbocycles. The smallest absolute Gasteiger partial charge is 0.297 e. The van der Waals surface area contributed by atoms with Crippen LogP contribution in [0.3, 0.4) is 0 Å². The lowest BCUT2D eigenvalue weighted by molar-refractivity contribution is 0.198. The maximum Gasteiger partial charge on any atom is 0.297 e. The largest absolute Gasteiger partial charge is 0.492 e. The maximum atomic E-state index is 12.9. The van der Waals surface area contributed by atoms with Gasteiger partial charge in [-0.25, -0.2) is 16.8 Å². The van der Waals surface area contributed by atoms with Gasteiger partial charge in [-0.15, -0.1) is 0 Å². The number of likely N-dealkylation sites (tertiary alicyclic amines) is 1. The third kappa shape index (κ3) is 13.5. The Labute approximate surface area is 398 Å². The van der Waals surface area contributed by atoms with Gasteiger partial charge < -0.3 is 19.5 Å². The van der Waals surface area contributed by atoms with Crippen molar-refractivity contribution in [3.8, 4) is 11.5 Å². The molecule has 3 N–H and O–H groups in total. The predicted molar refractivity (Wildman–Crippen MR) is 259 cm³/mol. The number of rotatable bonds is 14. The van der Waals surface area contributed by atoms with E-state index in [1.54, 1.807) is 91.0 Å². The van der Waals surface area contributed by atoms with E-state index >= 15 is 0 Å². The number of aromatic amines is 2. The highest BCUT2D eigenvalue weighted by Crippen LogP contribution is 2.31. The molecule has 0 unspecified atom stereocenters. The predicted octanol–water partition coefficient (Wildman–Crippen LogP) is 7.53. The van der Waals surface area contributed by atoms with Gasteiger partial charge in [-0.3, -0.25) is 19.3 Å². The van der Waals surface area contributed by atoms with E-state index in [1.807, 2.05) is 13.0 Å². The van der Waals surface area contributed by atoms with Crippen molar-refractivity contribution in [2.45, 2.75) is 70.2 Å². The molecule has 362 valence electrons. The van der Waals surface area contributed by atoms with Gasteiger partial charge in [-0.1, -0.05) is 54.1 Å². The van der Waals surface area contributed by atoms with E-state index in [-0.39, 0.29) is 38.0 Å². The fourth-order valence-corrected chi connectivity index (χ4v) is 11.1. The maximum absolute atomic E-state index is 12.9. The van der Waals surface area contributed by atoms with Gasteiger partial charge in [0.1, 0.15) is 31.3 Å². The first kappa shape index (κ1) is 50.2. The zero-order valence-corrected chi connectivity index (χ0v) is 40.5. The summed E-state index contributed by atoms with van der Waals surface area (Å²) in [7, 11) is -11.3. The Morgan fingerprint density at radius 1 is 0.559 bits per heavy atom. The van der Waals surface area contributed by atoms with Crippen molar-refractivity contribution in [3.63, 3.8) is 0 Å². The van der Waals surface area contributed by atoms with Crippen LogP contribution in [0.4, 0.5) is 0 Å². The van der Waals surface area contributed by atoms with Gasteiger partial charge in [0.2, 0.25) is 19.7 Å². The molecule has 3 saturated heterocycles. The van der Waals surface area contributed by atoms with E-state index < -0.39 is 29.8 Å². The van der Waals surface area contributed by atoms with Crippen molar-refractivity contribution in [1.29, 1.82) is 0 Å². The molecule has 0 radical (unpaired) electrons. The number of nitrogens with zero attached hydrogens (tertiary/aromatic N) is 3. The van der Waals surface area contributed by atoms with E-state index in [1.165, 1.54) is 75.9 Å². The van der Waals surface area contributed by atoms with E-state index in [2.05, 4.69) is 30.6 Å². The molecule has 3 aliphatic heterocycles. The molecule has 68 heavy (non-hydrogen) atoms. The number of H-pyrrole nitrogens is 2. The van der Waals surface area contributed by atoms with Crippen LogP contribution in [0.1, 0.15) is 44.1 Å². The number of aryl methyl sites for hydroxylation is 1. The lowest BCUT2D eigenvalue weighted by Crippen LogP contribution is -2.25. The third-order valence-electron chi connectivity index (χ3n) is 11.2. The number of nitrogens with one attached hydrogen (secondary N) is 3. The summed E-state index contributed by atoms with van der Waals surface area (Å²) in [6.45, 7) is 9.85. The van der Waals surface area contributed by atoms with Crippen molar-refractivity contribution in [2.24, 2.45) is 0 Å². The molecular weight excluding hydrogens is 929 g/mol. The Bertz CT molecular complexity index is 2980. The summed E-state index contributed by atoms with van der Waals surface area (Å²) in [6, 6.07) is 32.9. The Balaban J connectivity index is 0.000000168. The summed E-state index contributed by atoms with van der Waals surface area (Å²) in [4.78, 5) is 2.83. The molecule has 16 nitrogen and oxygen atoms in total. The van der Waals surface area contributed by atoms with E-state index in [4.69, 9.17) is 18.4 Å². The number of aromatic nitrogens is 4. The van der Waals surface area contributed by atoms with Crippen LogP contribution >= 0.6 is 0 Å². The van der Waals surface area contributed by atoms with Crippen molar-refractivity contribution in [2.75, 3.05) is 65.8 Å². The van der Waals surface area contributed by atoms with Crippen LogP contribution in [0.2, 0.25) is 0 Å². The number of ether oxygens (including phenoxy) is 3. The molecule has 5 heterocycles. The second-order valence-corrected chi connectivity index (χ2v) is 21.6. The zero-order valence-electron chi connectivity index (χ0n) is 38.0. The summed E-state index contributed by atoms with van der Waals surface area (Å²) in [6.07, 6.45) is 7.84. The average Bonchev–Trinajstić information content (AvgIpc) is 4.22. The molecule has 0 bridgehead atoms. The van der Waals surface area contributed by atoms with E-state index in [9.17, 15) is 25.3 Å². The van der Waals surface area contributed by atoms with Crippen molar-refractivity contribution >= 4 is 51.6 Å². The summed E-state index contributed by atoms with van der Waals surface area (Å²) in [5, 5.41) is 17.7. The first-order valence-electron chi connectivity index (χ1n) is 22.7. The van der Waals surface area contributed by atoms with Gasteiger partial charge in [-0.05, 0) is 144 Å². The monoisotopic (exact) mass is 986 g/mol. The normalized spacial score (nSPS) is 15.2. The van der Waals surface area contributed by atoms with Crippen molar-refractivity contribution in [1.82, 2.24) is 30.6 Å². The molecule has 10 rings (SSSR count). The van der Waals surface area contributed by atoms with Gasteiger partial charge in [0.15, 0.2) is 10.1 Å². The minimum Gasteiger partial charge on any atom is -0.492 e. The number of fused-ring (bicyclic) bond motifs is 2. The van der Waals surface area contributed by atoms with Gasteiger partial charge in [0.05, 0.1) is 25.7 Å². The van der Waals surface area contributed by atoms with Gasteiger partial charge in [0, 0.05) is 30.5 Å². The first-order chi connectivity index (χ1) is 32.9. The molecule has 19 heteroatoms. The molecule has 3 aliphatic rings. The molecule has 3 fully saturated rings. The Morgan fingerprint density at radius 3 is 1.51 bits per heavy atom. The number of benzene rings is 5. The van der Waals surface area contributed by atoms with Crippen LogP contribution < -0.4 is 14.8 Å². The van der Waals surface area contributed by atoms with Gasteiger partial charge in [0.25, 0.3) is 10.1 Å². The van der Waals surface area contributed by atoms with E-state index in [0.717, 1.165) is 38.4 Å². The first-order valence-corrected chi connectivity index (χ1v) is 27.1. The van der Waals surface area contributed by atoms with Crippen LogP contribution in [0.25, 0.3) is 21.8 Å². The van der Waals surface area contributed by atoms with Gasteiger partial charge >= 0.3 is 0 Å². The van der Waals surface area contributed by atoms with Crippen LogP contribution in [0.5, 0.6) is 11.5 Å². The number of sulfone groups is 2. The number of hydrogen-bond acceptors (Lipinski definition) is 14. The molecule has 0 spiro atoms. The molecule has 0 saturated carbocycles. The summed E-state index contributed by atoms with van der Waals surface area (Å²) in [5.41, 5.74) is 2.01. The second kappa shape index (κ2) is 24.1. The minimum absolute atomic E-state index is 0.0395. The fourth-order valence-electron chi connectivity index (χ4n) is 7.47. The lowest BCUT2D eigenvalue weighted by Gasteiger charge is -2.14. The Morgan fingerprint density at radius 2 is 1.06 bits per heavy atom. The Kier molecular flexibility index (Phi) is 17.8. The fraction of sp³-hybridized carbons (Fsp3) is 0.347. The molecular formula is C49H58N6O10S3. The zero-order chi connectivity index (χ0) is 47.8. The topological polar surface area (TPSA) is 212 Å². The molecule has 7 aromatic rings. The van der Waals surface area contributed by atoms with Crippen LogP contribution in [0, 0.1) is 6.92 Å². The standard InChI is InChI=1S/C22H20N2O6S2.C19H21N3O3S.C4H9N.C4H8O/c1-16-7-10-19(11-8-16)32(27,28)30-14-13-29-17-9-12-21-20(15-17)22(24-23-21)31(25,26)18-5-3-2-4-6-18;23-26(24,16-6-2-1-3-7-16)19-17-14-15(8-9-18(17)20-21-19)25-13-12-22-10-4-5-11-22;2*1-2-4-5-3-1/h2-12,15H,13-14H2,1H3,(H,23,24);1-3,6-9,14H,4-5,10-13H2,(H,20,21);5H,1-4H2;1-4H2. The SMILES string of the molecule is C1CCNC1.C1CCOC1.Cc1ccc(S(=O)(=O)OCCOc2ccc3n[nH]c(S(=O)(=O)c4ccccc4)c3c2)cc1.O=S(=O)(c1ccccc1)c1[nH]nc2ccc(OCCN3CCCC3)cc12. The highest BCUT2D eigenvalue weighted by Gasteiger charge is 2.25. The van der Waals surface area contributed by atoms with Crippen LogP contribution in [-0.2, 0) is 38.7 Å². The van der Waals surface area contributed by atoms with Crippen LogP contribution in [0.15, 0.2) is 146 Å². The van der Waals surface area contributed by atoms with E-state index in [0.29, 0.717) is 39.9 Å². The van der Waals surface area contributed by atoms with Gasteiger partial charge in [-0.2, -0.15) is 18.6 Å². The average molecular weight is 987 g/mol. The minimum atomic E-state index is -3.89. The lowest BCUT2D eigenvalue weighted by atomic mass is 10.2. The molecule has 0 atom stereocenters. The van der Waals surface area contributed by atoms with Crippen molar-refractivity contribution < 1.29 is 43.6 Å². The molecule has 2 aromatic heterocycles. The molecule has 0 amide bonds.